The molecule has 0 spiro atoms. The summed E-state index contributed by atoms with van der Waals surface area (Å²) in [5, 5.41) is 6.31. The highest BCUT2D eigenvalue weighted by Gasteiger charge is 2.27. The lowest BCUT2D eigenvalue weighted by atomic mass is 10.4. The summed E-state index contributed by atoms with van der Waals surface area (Å²) in [6, 6.07) is 7.19. The molecule has 3 heterocycles. The molecule has 0 unspecified atom stereocenters. The first kappa shape index (κ1) is 22.1. The third kappa shape index (κ3) is 5.91. The van der Waals surface area contributed by atoms with Crippen molar-refractivity contribution in [2.45, 2.75) is 17.3 Å². The van der Waals surface area contributed by atoms with Crippen LogP contribution in [0.3, 0.4) is 0 Å². The van der Waals surface area contributed by atoms with Crippen LogP contribution in [0.1, 0.15) is 10.6 Å². The molecule has 0 aliphatic carbocycles. The van der Waals surface area contributed by atoms with Crippen LogP contribution < -0.4 is 10.6 Å². The lowest BCUT2D eigenvalue weighted by Crippen LogP contribution is -2.40. The Labute approximate surface area is 180 Å². The van der Waals surface area contributed by atoms with Crippen LogP contribution in [0, 0.1) is 0 Å². The smallest absolute Gasteiger partial charge is 0.252 e. The van der Waals surface area contributed by atoms with Crippen molar-refractivity contribution in [3.8, 4) is 0 Å². The van der Waals surface area contributed by atoms with Crippen LogP contribution in [-0.2, 0) is 27.8 Å². The maximum absolute atomic E-state index is 12.6. The monoisotopic (exact) mass is 526 g/mol. The van der Waals surface area contributed by atoms with Crippen LogP contribution in [0.25, 0.3) is 0 Å². The lowest BCUT2D eigenvalue weighted by Gasteiger charge is -2.25. The Morgan fingerprint density at radius 1 is 1.22 bits per heavy atom. The van der Waals surface area contributed by atoms with Crippen LogP contribution >= 0.6 is 35.3 Å². The van der Waals surface area contributed by atoms with Gasteiger partial charge in [-0.3, -0.25) is 4.99 Å². The first-order chi connectivity index (χ1) is 12.6. The Bertz CT molecular complexity index is 830. The minimum Gasteiger partial charge on any atom is -0.467 e. The van der Waals surface area contributed by atoms with E-state index in [2.05, 4.69) is 15.6 Å². The molecule has 8 nitrogen and oxygen atoms in total. The van der Waals surface area contributed by atoms with Gasteiger partial charge in [-0.15, -0.1) is 35.3 Å². The van der Waals surface area contributed by atoms with Gasteiger partial charge in [-0.2, -0.15) is 4.31 Å². The highest BCUT2D eigenvalue weighted by atomic mass is 127. The fraction of sp³-hybridized carbons (Fsp3) is 0.438. The quantitative estimate of drug-likeness (QED) is 0.339. The molecule has 0 atom stereocenters. The number of halogens is 1. The number of thiophene rings is 1. The van der Waals surface area contributed by atoms with Gasteiger partial charge >= 0.3 is 0 Å². The number of nitrogens with one attached hydrogen (secondary N) is 2. The topological polar surface area (TPSA) is 96.2 Å². The Balaban J connectivity index is 0.00000261. The lowest BCUT2D eigenvalue weighted by molar-refractivity contribution is 0.0731. The van der Waals surface area contributed by atoms with E-state index in [9.17, 15) is 8.42 Å². The number of hydrogen-bond acceptors (Lipinski definition) is 6. The molecule has 150 valence electrons. The van der Waals surface area contributed by atoms with Gasteiger partial charge in [0.15, 0.2) is 5.96 Å². The van der Waals surface area contributed by atoms with Crippen LogP contribution in [-0.4, -0.2) is 52.0 Å². The van der Waals surface area contributed by atoms with E-state index in [4.69, 9.17) is 9.15 Å². The van der Waals surface area contributed by atoms with Gasteiger partial charge in [0.05, 0.1) is 32.6 Å². The van der Waals surface area contributed by atoms with E-state index in [1.807, 2.05) is 18.2 Å². The van der Waals surface area contributed by atoms with Gasteiger partial charge in [0.25, 0.3) is 10.0 Å². The molecule has 1 saturated heterocycles. The van der Waals surface area contributed by atoms with E-state index in [0.29, 0.717) is 49.6 Å². The van der Waals surface area contributed by atoms with Crippen molar-refractivity contribution >= 4 is 51.3 Å². The summed E-state index contributed by atoms with van der Waals surface area (Å²) in [5.41, 5.74) is 0. The predicted molar refractivity (Wildman–Crippen MR) is 115 cm³/mol. The van der Waals surface area contributed by atoms with E-state index in [0.717, 1.165) is 10.6 Å². The highest BCUT2D eigenvalue weighted by Crippen LogP contribution is 2.25. The highest BCUT2D eigenvalue weighted by molar-refractivity contribution is 14.0. The van der Waals surface area contributed by atoms with Crippen LogP contribution in [0.15, 0.2) is 44.1 Å². The zero-order chi connectivity index (χ0) is 18.4. The van der Waals surface area contributed by atoms with Gasteiger partial charge in [0, 0.05) is 25.0 Å². The minimum atomic E-state index is -3.44. The largest absolute Gasteiger partial charge is 0.467 e. The molecule has 0 aromatic carbocycles. The summed E-state index contributed by atoms with van der Waals surface area (Å²) >= 11 is 1.27. The fourth-order valence-electron chi connectivity index (χ4n) is 2.48. The molecule has 3 rings (SSSR count). The minimum absolute atomic E-state index is 0. The van der Waals surface area contributed by atoms with Gasteiger partial charge in [0.1, 0.15) is 9.97 Å². The molecular formula is C16H23IN4O4S2. The molecule has 2 aromatic rings. The maximum atomic E-state index is 12.6. The average Bonchev–Trinajstić information content (AvgIpc) is 3.35. The summed E-state index contributed by atoms with van der Waals surface area (Å²) in [7, 11) is -1.76. The summed E-state index contributed by atoms with van der Waals surface area (Å²) in [6.07, 6.45) is 1.62. The molecule has 1 aliphatic heterocycles. The van der Waals surface area contributed by atoms with Gasteiger partial charge in [-0.25, -0.2) is 8.42 Å². The number of guanidine groups is 1. The number of furan rings is 1. The third-order valence-electron chi connectivity index (χ3n) is 3.87. The first-order valence-electron chi connectivity index (χ1n) is 8.23. The molecule has 0 radical (unpaired) electrons. The average molecular weight is 526 g/mol. The summed E-state index contributed by atoms with van der Waals surface area (Å²) < 4.78 is 37.6. The Kier molecular flexibility index (Phi) is 8.54. The number of sulfonamides is 1. The molecule has 1 aliphatic rings. The van der Waals surface area contributed by atoms with E-state index >= 15 is 0 Å². The number of aliphatic imine (C=N–C) groups is 1. The number of nitrogens with zero attached hydrogens (tertiary/aromatic N) is 2. The van der Waals surface area contributed by atoms with Crippen molar-refractivity contribution in [1.82, 2.24) is 14.9 Å². The standard InChI is InChI=1S/C16H22N4O4S2.HI/c1-17-16(18-11-13-3-2-8-24-13)19-12-14-4-5-15(25-14)26(21,22)20-6-9-23-10-7-20;/h2-5,8H,6-7,9-12H2,1H3,(H2,17,18,19);1H. The van der Waals surface area contributed by atoms with Gasteiger partial charge < -0.3 is 19.8 Å². The second-order valence-electron chi connectivity index (χ2n) is 5.60. The van der Waals surface area contributed by atoms with E-state index in [-0.39, 0.29) is 24.0 Å². The number of rotatable bonds is 6. The zero-order valence-electron chi connectivity index (χ0n) is 14.9. The van der Waals surface area contributed by atoms with Gasteiger partial charge in [-0.05, 0) is 24.3 Å². The van der Waals surface area contributed by atoms with Crippen LogP contribution in [0.4, 0.5) is 0 Å². The summed E-state index contributed by atoms with van der Waals surface area (Å²) in [6.45, 7) is 2.69. The summed E-state index contributed by atoms with van der Waals surface area (Å²) in [4.78, 5) is 5.06. The van der Waals surface area contributed by atoms with E-state index < -0.39 is 10.0 Å². The van der Waals surface area contributed by atoms with Crippen molar-refractivity contribution < 1.29 is 17.6 Å². The molecule has 0 amide bonds. The van der Waals surface area contributed by atoms with Crippen molar-refractivity contribution in [1.29, 1.82) is 0 Å². The predicted octanol–water partition coefficient (Wildman–Crippen LogP) is 1.85. The Morgan fingerprint density at radius 3 is 2.63 bits per heavy atom. The second kappa shape index (κ2) is 10.4. The molecule has 27 heavy (non-hydrogen) atoms. The van der Waals surface area contributed by atoms with Crippen molar-refractivity contribution in [3.63, 3.8) is 0 Å². The SMILES string of the molecule is CN=C(NCc1ccco1)NCc1ccc(S(=O)(=O)N2CCOCC2)s1.I. The number of hydrogen-bond donors (Lipinski definition) is 2. The van der Waals surface area contributed by atoms with Crippen molar-refractivity contribution in [2.75, 3.05) is 33.4 Å². The van der Waals surface area contributed by atoms with Crippen molar-refractivity contribution in [2.24, 2.45) is 4.99 Å². The molecule has 2 N–H and O–H groups in total. The Morgan fingerprint density at radius 2 is 1.96 bits per heavy atom. The second-order valence-corrected chi connectivity index (χ2v) is 8.93. The Hall–Kier alpha value is -1.15. The maximum Gasteiger partial charge on any atom is 0.252 e. The molecule has 0 bridgehead atoms. The number of morpholine rings is 1. The fourth-order valence-corrected chi connectivity index (χ4v) is 5.34. The molecule has 1 fully saturated rings. The van der Waals surface area contributed by atoms with Crippen LogP contribution in [0.5, 0.6) is 0 Å². The summed E-state index contributed by atoms with van der Waals surface area (Å²) in [5.74, 6) is 1.43. The zero-order valence-corrected chi connectivity index (χ0v) is 18.8. The van der Waals surface area contributed by atoms with Crippen molar-refractivity contribution in [3.05, 3.63) is 41.2 Å². The van der Waals surface area contributed by atoms with Crippen LogP contribution in [0.2, 0.25) is 0 Å². The van der Waals surface area contributed by atoms with Gasteiger partial charge in [0.2, 0.25) is 0 Å². The molecule has 2 aromatic heterocycles. The van der Waals surface area contributed by atoms with E-state index in [1.54, 1.807) is 19.4 Å². The molecular weight excluding hydrogens is 503 g/mol. The number of ether oxygens (including phenoxy) is 1. The van der Waals surface area contributed by atoms with Gasteiger partial charge in [-0.1, -0.05) is 0 Å². The van der Waals surface area contributed by atoms with E-state index in [1.165, 1.54) is 15.6 Å². The normalized spacial score (nSPS) is 16.0. The molecule has 0 saturated carbocycles. The molecule has 11 heteroatoms. The first-order valence-corrected chi connectivity index (χ1v) is 10.5. The third-order valence-corrected chi connectivity index (χ3v) is 7.32.